The van der Waals surface area contributed by atoms with Gasteiger partial charge in [-0.15, -0.1) is 0 Å². The Morgan fingerprint density at radius 2 is 2.00 bits per heavy atom. The van der Waals surface area contributed by atoms with Gasteiger partial charge in [0.1, 0.15) is 0 Å². The second-order valence-corrected chi connectivity index (χ2v) is 8.54. The molecule has 1 unspecified atom stereocenters. The minimum Gasteiger partial charge on any atom is -0.297 e. The number of amides is 2. The minimum atomic E-state index is -0.217. The molecule has 2 aliphatic rings. The number of hydrogen-bond donors (Lipinski definition) is 0. The lowest BCUT2D eigenvalue weighted by Gasteiger charge is -2.22. The maximum atomic E-state index is 13.4. The molecule has 1 saturated heterocycles. The predicted molar refractivity (Wildman–Crippen MR) is 113 cm³/mol. The first-order valence-electron chi connectivity index (χ1n) is 9.62. The van der Waals surface area contributed by atoms with Gasteiger partial charge in [0, 0.05) is 41.9 Å². The number of hydrogen-bond acceptors (Lipinski definition) is 5. The van der Waals surface area contributed by atoms with E-state index >= 15 is 0 Å². The van der Waals surface area contributed by atoms with E-state index < -0.39 is 0 Å². The van der Waals surface area contributed by atoms with Crippen molar-refractivity contribution in [1.82, 2.24) is 19.8 Å². The van der Waals surface area contributed by atoms with Gasteiger partial charge in [0.25, 0.3) is 11.8 Å². The van der Waals surface area contributed by atoms with Crippen molar-refractivity contribution in [3.63, 3.8) is 0 Å². The molecule has 146 valence electrons. The molecule has 7 heteroatoms. The molecule has 1 aromatic carbocycles. The van der Waals surface area contributed by atoms with Crippen molar-refractivity contribution in [1.29, 1.82) is 0 Å². The molecule has 6 nitrogen and oxygen atoms in total. The zero-order chi connectivity index (χ0) is 20.1. The number of halogens is 1. The van der Waals surface area contributed by atoms with E-state index in [0.717, 1.165) is 40.4 Å². The largest absolute Gasteiger partial charge is 0.297 e. The number of aryl methyl sites for hydroxylation is 1. The third-order valence-electron chi connectivity index (χ3n) is 5.73. The normalized spacial score (nSPS) is 19.4. The molecule has 0 bridgehead atoms. The van der Waals surface area contributed by atoms with Gasteiger partial charge >= 0.3 is 0 Å². The highest BCUT2D eigenvalue weighted by atomic mass is 79.9. The Balaban J connectivity index is 1.46. The quantitative estimate of drug-likeness (QED) is 0.570. The van der Waals surface area contributed by atoms with E-state index in [-0.39, 0.29) is 17.9 Å². The van der Waals surface area contributed by atoms with Gasteiger partial charge in [-0.3, -0.25) is 29.4 Å². The smallest absolute Gasteiger partial charge is 0.263 e. The van der Waals surface area contributed by atoms with Gasteiger partial charge in [0.05, 0.1) is 28.4 Å². The molecule has 1 atom stereocenters. The first-order valence-corrected chi connectivity index (χ1v) is 10.4. The SMILES string of the molecule is Cc1nc2ccc(Br)cc2c2c1C(=O)N(C1CCN(Cc3cccnc3)C1)C2=O. The van der Waals surface area contributed by atoms with Crippen LogP contribution in [0, 0.1) is 6.92 Å². The number of imide groups is 1. The van der Waals surface area contributed by atoms with Crippen LogP contribution in [0.15, 0.2) is 47.2 Å². The average molecular weight is 451 g/mol. The first kappa shape index (κ1) is 18.4. The topological polar surface area (TPSA) is 66.4 Å². The molecule has 0 radical (unpaired) electrons. The van der Waals surface area contributed by atoms with Crippen LogP contribution in [0.4, 0.5) is 0 Å². The summed E-state index contributed by atoms with van der Waals surface area (Å²) in [5.74, 6) is -0.420. The maximum absolute atomic E-state index is 13.4. The summed E-state index contributed by atoms with van der Waals surface area (Å²) < 4.78 is 0.861. The van der Waals surface area contributed by atoms with Gasteiger partial charge < -0.3 is 0 Å². The van der Waals surface area contributed by atoms with Crippen LogP contribution < -0.4 is 0 Å². The van der Waals surface area contributed by atoms with Crippen LogP contribution >= 0.6 is 15.9 Å². The molecule has 2 amide bonds. The van der Waals surface area contributed by atoms with E-state index in [1.54, 1.807) is 13.1 Å². The Morgan fingerprint density at radius 3 is 2.79 bits per heavy atom. The summed E-state index contributed by atoms with van der Waals surface area (Å²) in [6.07, 6.45) is 4.39. The second-order valence-electron chi connectivity index (χ2n) is 7.63. The Kier molecular flexibility index (Phi) is 4.44. The summed E-state index contributed by atoms with van der Waals surface area (Å²) in [6.45, 7) is 4.09. The number of likely N-dealkylation sites (tertiary alicyclic amines) is 1. The number of nitrogens with zero attached hydrogens (tertiary/aromatic N) is 4. The second kappa shape index (κ2) is 7.00. The third-order valence-corrected chi connectivity index (χ3v) is 6.23. The summed E-state index contributed by atoms with van der Waals surface area (Å²) in [4.78, 5) is 39.1. The molecule has 3 aromatic rings. The molecule has 0 spiro atoms. The van der Waals surface area contributed by atoms with Gasteiger partial charge in [0.15, 0.2) is 0 Å². The lowest BCUT2D eigenvalue weighted by Crippen LogP contribution is -2.41. The average Bonchev–Trinajstić information content (AvgIpc) is 3.25. The van der Waals surface area contributed by atoms with Crippen LogP contribution in [0.3, 0.4) is 0 Å². The van der Waals surface area contributed by atoms with E-state index in [0.29, 0.717) is 23.4 Å². The van der Waals surface area contributed by atoms with Crippen LogP contribution in [0.2, 0.25) is 0 Å². The van der Waals surface area contributed by atoms with Crippen molar-refractivity contribution in [2.24, 2.45) is 0 Å². The van der Waals surface area contributed by atoms with Gasteiger partial charge in [-0.05, 0) is 43.2 Å². The van der Waals surface area contributed by atoms with Crippen molar-refractivity contribution in [2.75, 3.05) is 13.1 Å². The molecule has 1 fully saturated rings. The van der Waals surface area contributed by atoms with E-state index in [1.807, 2.05) is 36.5 Å². The fraction of sp³-hybridized carbons (Fsp3) is 0.273. The molecule has 2 aromatic heterocycles. The molecular formula is C22H19BrN4O2. The number of benzene rings is 1. The Bertz CT molecular complexity index is 1150. The zero-order valence-corrected chi connectivity index (χ0v) is 17.5. The number of carbonyl (C=O) groups is 2. The third kappa shape index (κ3) is 3.05. The van der Waals surface area contributed by atoms with Crippen molar-refractivity contribution < 1.29 is 9.59 Å². The maximum Gasteiger partial charge on any atom is 0.263 e. The number of carbonyl (C=O) groups excluding carboxylic acids is 2. The molecule has 0 aliphatic carbocycles. The number of pyridine rings is 2. The lowest BCUT2D eigenvalue weighted by molar-refractivity contribution is 0.0588. The standard InChI is InChI=1S/C22H19BrN4O2/c1-13-19-20(17-9-15(23)4-5-18(17)25-13)22(29)27(21(19)28)16-6-8-26(12-16)11-14-3-2-7-24-10-14/h2-5,7,9-10,16H,6,8,11-12H2,1H3. The molecule has 0 saturated carbocycles. The molecule has 0 N–H and O–H groups in total. The van der Waals surface area contributed by atoms with Gasteiger partial charge in [-0.1, -0.05) is 22.0 Å². The summed E-state index contributed by atoms with van der Waals surface area (Å²) in [5, 5.41) is 0.728. The van der Waals surface area contributed by atoms with Crippen molar-refractivity contribution in [3.05, 3.63) is 69.6 Å². The fourth-order valence-corrected chi connectivity index (χ4v) is 4.78. The highest BCUT2D eigenvalue weighted by Gasteiger charge is 2.44. The molecule has 4 heterocycles. The van der Waals surface area contributed by atoms with Gasteiger partial charge in [0.2, 0.25) is 0 Å². The number of rotatable bonds is 3. The van der Waals surface area contributed by atoms with Crippen LogP contribution in [-0.4, -0.2) is 50.7 Å². The van der Waals surface area contributed by atoms with Crippen LogP contribution in [-0.2, 0) is 6.54 Å². The number of aromatic nitrogens is 2. The molecular weight excluding hydrogens is 432 g/mol. The van der Waals surface area contributed by atoms with Gasteiger partial charge in [-0.2, -0.15) is 0 Å². The first-order chi connectivity index (χ1) is 14.0. The van der Waals surface area contributed by atoms with Crippen molar-refractivity contribution in [3.8, 4) is 0 Å². The van der Waals surface area contributed by atoms with Crippen molar-refractivity contribution >= 4 is 38.6 Å². The Labute approximate surface area is 176 Å². The highest BCUT2D eigenvalue weighted by Crippen LogP contribution is 2.35. The van der Waals surface area contributed by atoms with Crippen LogP contribution in [0.1, 0.15) is 38.4 Å². The Morgan fingerprint density at radius 1 is 1.17 bits per heavy atom. The Hall–Kier alpha value is -2.64. The summed E-state index contributed by atoms with van der Waals surface area (Å²) in [7, 11) is 0. The molecule has 29 heavy (non-hydrogen) atoms. The summed E-state index contributed by atoms with van der Waals surface area (Å²) in [5.41, 5.74) is 3.42. The van der Waals surface area contributed by atoms with Crippen LogP contribution in [0.25, 0.3) is 10.9 Å². The summed E-state index contributed by atoms with van der Waals surface area (Å²) >= 11 is 3.47. The van der Waals surface area contributed by atoms with E-state index in [1.165, 1.54) is 4.90 Å². The highest BCUT2D eigenvalue weighted by molar-refractivity contribution is 9.10. The monoisotopic (exact) mass is 450 g/mol. The van der Waals surface area contributed by atoms with E-state index in [9.17, 15) is 9.59 Å². The fourth-order valence-electron chi connectivity index (χ4n) is 4.42. The molecule has 5 rings (SSSR count). The van der Waals surface area contributed by atoms with Crippen molar-refractivity contribution in [2.45, 2.75) is 25.9 Å². The van der Waals surface area contributed by atoms with Crippen LogP contribution in [0.5, 0.6) is 0 Å². The molecule has 2 aliphatic heterocycles. The lowest BCUT2D eigenvalue weighted by atomic mass is 10.0. The van der Waals surface area contributed by atoms with E-state index in [2.05, 4.69) is 30.8 Å². The minimum absolute atomic E-state index is 0.124. The van der Waals surface area contributed by atoms with E-state index in [4.69, 9.17) is 0 Å². The number of fused-ring (bicyclic) bond motifs is 3. The summed E-state index contributed by atoms with van der Waals surface area (Å²) in [6, 6.07) is 9.48. The predicted octanol–water partition coefficient (Wildman–Crippen LogP) is 3.57. The zero-order valence-electron chi connectivity index (χ0n) is 15.9. The van der Waals surface area contributed by atoms with Gasteiger partial charge in [-0.25, -0.2) is 0 Å².